The fraction of sp³-hybridized carbons (Fsp3) is 0.0435. The highest BCUT2D eigenvalue weighted by molar-refractivity contribution is 9.10. The number of ether oxygens (including phenoxy) is 1. The molecular formula is C23H18BrN3O3. The first kappa shape index (κ1) is 19.7. The van der Waals surface area contributed by atoms with Crippen LogP contribution in [-0.2, 0) is 0 Å². The van der Waals surface area contributed by atoms with Crippen LogP contribution in [0.2, 0.25) is 0 Å². The molecule has 30 heavy (non-hydrogen) atoms. The third kappa shape index (κ3) is 3.55. The molecule has 4 rings (SSSR count). The molecule has 1 heterocycles. The Morgan fingerprint density at radius 2 is 1.63 bits per heavy atom. The maximum atomic E-state index is 13.2. The number of para-hydroxylation sites is 1. The van der Waals surface area contributed by atoms with E-state index in [1.807, 2.05) is 0 Å². The summed E-state index contributed by atoms with van der Waals surface area (Å²) >= 11 is 3.37. The standard InChI is InChI=1S/C23H18BrN3O3/c1-30-17-12-10-16(11-13-17)26-22(28)20-18-4-2-3-5-19(18)27(21(20)25)23(29)14-6-8-15(24)9-7-14/h2-13H,25H2,1H3,(H,26,28). The second-order valence-electron chi connectivity index (χ2n) is 6.61. The monoisotopic (exact) mass is 463 g/mol. The number of amides is 1. The Bertz CT molecular complexity index is 1250. The molecule has 0 atom stereocenters. The van der Waals surface area contributed by atoms with E-state index in [-0.39, 0.29) is 17.3 Å². The van der Waals surface area contributed by atoms with Gasteiger partial charge in [-0.2, -0.15) is 0 Å². The van der Waals surface area contributed by atoms with Crippen molar-refractivity contribution < 1.29 is 14.3 Å². The van der Waals surface area contributed by atoms with Crippen molar-refractivity contribution in [1.29, 1.82) is 0 Å². The fourth-order valence-corrected chi connectivity index (χ4v) is 3.57. The van der Waals surface area contributed by atoms with E-state index >= 15 is 0 Å². The lowest BCUT2D eigenvalue weighted by Crippen LogP contribution is -2.17. The normalized spacial score (nSPS) is 10.7. The minimum absolute atomic E-state index is 0.0927. The Balaban J connectivity index is 1.77. The van der Waals surface area contributed by atoms with Crippen molar-refractivity contribution in [2.24, 2.45) is 0 Å². The van der Waals surface area contributed by atoms with Gasteiger partial charge in [0.2, 0.25) is 0 Å². The highest BCUT2D eigenvalue weighted by Crippen LogP contribution is 2.30. The number of halogens is 1. The van der Waals surface area contributed by atoms with Crippen LogP contribution < -0.4 is 15.8 Å². The van der Waals surface area contributed by atoms with Crippen LogP contribution in [0.25, 0.3) is 10.9 Å². The van der Waals surface area contributed by atoms with E-state index in [4.69, 9.17) is 10.5 Å². The average Bonchev–Trinajstić information content (AvgIpc) is 3.06. The molecular weight excluding hydrogens is 446 g/mol. The summed E-state index contributed by atoms with van der Waals surface area (Å²) in [5.74, 6) is 0.0789. The third-order valence-corrected chi connectivity index (χ3v) is 5.31. The average molecular weight is 464 g/mol. The van der Waals surface area contributed by atoms with Crippen molar-refractivity contribution in [2.45, 2.75) is 0 Å². The fourth-order valence-electron chi connectivity index (χ4n) is 3.31. The molecule has 1 aromatic heterocycles. The van der Waals surface area contributed by atoms with E-state index in [0.29, 0.717) is 27.9 Å². The molecule has 0 aliphatic rings. The first-order valence-corrected chi connectivity index (χ1v) is 9.93. The Morgan fingerprint density at radius 1 is 0.967 bits per heavy atom. The van der Waals surface area contributed by atoms with Gasteiger partial charge in [0.1, 0.15) is 11.6 Å². The maximum absolute atomic E-state index is 13.2. The van der Waals surface area contributed by atoms with Gasteiger partial charge in [0.25, 0.3) is 11.8 Å². The molecule has 4 aromatic rings. The van der Waals surface area contributed by atoms with Gasteiger partial charge in [-0.15, -0.1) is 0 Å². The van der Waals surface area contributed by atoms with E-state index < -0.39 is 5.91 Å². The number of aromatic nitrogens is 1. The third-order valence-electron chi connectivity index (χ3n) is 4.78. The molecule has 150 valence electrons. The second kappa shape index (κ2) is 8.04. The molecule has 0 radical (unpaired) electrons. The summed E-state index contributed by atoms with van der Waals surface area (Å²) in [6.07, 6.45) is 0. The molecule has 0 saturated carbocycles. The first-order valence-electron chi connectivity index (χ1n) is 9.14. The van der Waals surface area contributed by atoms with Gasteiger partial charge < -0.3 is 15.8 Å². The van der Waals surface area contributed by atoms with Crippen LogP contribution in [0.3, 0.4) is 0 Å². The van der Waals surface area contributed by atoms with Crippen molar-refractivity contribution in [3.05, 3.63) is 88.4 Å². The van der Waals surface area contributed by atoms with Crippen LogP contribution in [0.1, 0.15) is 20.7 Å². The van der Waals surface area contributed by atoms with Gasteiger partial charge in [0.05, 0.1) is 18.2 Å². The number of nitrogens with zero attached hydrogens (tertiary/aromatic N) is 1. The Hall–Kier alpha value is -3.58. The predicted octanol–water partition coefficient (Wildman–Crippen LogP) is 4.94. The summed E-state index contributed by atoms with van der Waals surface area (Å²) in [6.45, 7) is 0. The molecule has 3 aromatic carbocycles. The van der Waals surface area contributed by atoms with Gasteiger partial charge in [0, 0.05) is 21.1 Å². The quantitative estimate of drug-likeness (QED) is 0.448. The van der Waals surface area contributed by atoms with E-state index in [0.717, 1.165) is 4.47 Å². The highest BCUT2D eigenvalue weighted by atomic mass is 79.9. The zero-order valence-electron chi connectivity index (χ0n) is 16.1. The lowest BCUT2D eigenvalue weighted by molar-refractivity contribution is 0.0967. The number of hydrogen-bond acceptors (Lipinski definition) is 4. The molecule has 7 heteroatoms. The van der Waals surface area contributed by atoms with Crippen LogP contribution in [-0.4, -0.2) is 23.5 Å². The van der Waals surface area contributed by atoms with Crippen molar-refractivity contribution in [3.8, 4) is 5.75 Å². The Kier molecular flexibility index (Phi) is 5.29. The van der Waals surface area contributed by atoms with Gasteiger partial charge in [-0.1, -0.05) is 34.1 Å². The van der Waals surface area contributed by atoms with Crippen molar-refractivity contribution in [1.82, 2.24) is 4.57 Å². The van der Waals surface area contributed by atoms with E-state index in [1.165, 1.54) is 4.57 Å². The molecule has 6 nitrogen and oxygen atoms in total. The number of carbonyl (C=O) groups is 2. The summed E-state index contributed by atoms with van der Waals surface area (Å²) in [5.41, 5.74) is 8.22. The summed E-state index contributed by atoms with van der Waals surface area (Å²) in [6, 6.07) is 21.1. The summed E-state index contributed by atoms with van der Waals surface area (Å²) < 4.78 is 7.38. The van der Waals surface area contributed by atoms with E-state index in [1.54, 1.807) is 79.9 Å². The number of nitrogens with two attached hydrogens (primary N) is 1. The molecule has 0 aliphatic carbocycles. The highest BCUT2D eigenvalue weighted by Gasteiger charge is 2.24. The second-order valence-corrected chi connectivity index (χ2v) is 7.52. The van der Waals surface area contributed by atoms with E-state index in [2.05, 4.69) is 21.2 Å². The topological polar surface area (TPSA) is 86.3 Å². The maximum Gasteiger partial charge on any atom is 0.263 e. The van der Waals surface area contributed by atoms with Gasteiger partial charge in [0.15, 0.2) is 0 Å². The summed E-state index contributed by atoms with van der Waals surface area (Å²) in [4.78, 5) is 26.2. The number of anilines is 2. The van der Waals surface area contributed by atoms with Gasteiger partial charge >= 0.3 is 0 Å². The van der Waals surface area contributed by atoms with Crippen LogP contribution in [0, 0.1) is 0 Å². The first-order chi connectivity index (χ1) is 14.5. The molecule has 3 N–H and O–H groups in total. The molecule has 0 aliphatic heterocycles. The van der Waals surface area contributed by atoms with Crippen LogP contribution in [0.15, 0.2) is 77.3 Å². The number of nitrogen functional groups attached to an aromatic ring is 1. The number of fused-ring (bicyclic) bond motifs is 1. The van der Waals surface area contributed by atoms with Crippen LogP contribution in [0.5, 0.6) is 5.75 Å². The largest absolute Gasteiger partial charge is 0.497 e. The van der Waals surface area contributed by atoms with Crippen molar-refractivity contribution in [2.75, 3.05) is 18.2 Å². The van der Waals surface area contributed by atoms with Gasteiger partial charge in [-0.3, -0.25) is 14.2 Å². The zero-order valence-corrected chi connectivity index (χ0v) is 17.6. The van der Waals surface area contributed by atoms with Crippen molar-refractivity contribution in [3.63, 3.8) is 0 Å². The molecule has 0 spiro atoms. The molecule has 0 bridgehead atoms. The van der Waals surface area contributed by atoms with Crippen LogP contribution >= 0.6 is 15.9 Å². The number of methoxy groups -OCH3 is 1. The SMILES string of the molecule is COc1ccc(NC(=O)c2c(N)n(C(=O)c3ccc(Br)cc3)c3ccccc23)cc1. The smallest absolute Gasteiger partial charge is 0.263 e. The van der Waals surface area contributed by atoms with Gasteiger partial charge in [-0.25, -0.2) is 0 Å². The van der Waals surface area contributed by atoms with Crippen LogP contribution in [0.4, 0.5) is 11.5 Å². The lowest BCUT2D eigenvalue weighted by Gasteiger charge is -2.08. The molecule has 1 amide bonds. The molecule has 0 saturated heterocycles. The number of hydrogen-bond donors (Lipinski definition) is 2. The minimum Gasteiger partial charge on any atom is -0.497 e. The lowest BCUT2D eigenvalue weighted by atomic mass is 10.1. The minimum atomic E-state index is -0.392. The predicted molar refractivity (Wildman–Crippen MR) is 121 cm³/mol. The summed E-state index contributed by atoms with van der Waals surface area (Å²) in [5, 5.41) is 3.44. The van der Waals surface area contributed by atoms with Crippen molar-refractivity contribution >= 4 is 50.2 Å². The number of rotatable bonds is 4. The number of benzene rings is 3. The number of nitrogens with one attached hydrogen (secondary N) is 1. The zero-order chi connectivity index (χ0) is 21.3. The Labute approximate surface area is 181 Å². The molecule has 0 fully saturated rings. The number of carbonyl (C=O) groups excluding carboxylic acids is 2. The Morgan fingerprint density at radius 3 is 2.30 bits per heavy atom. The summed E-state index contributed by atoms with van der Waals surface area (Å²) in [7, 11) is 1.57. The van der Waals surface area contributed by atoms with E-state index in [9.17, 15) is 9.59 Å². The molecule has 0 unspecified atom stereocenters. The van der Waals surface area contributed by atoms with Gasteiger partial charge in [-0.05, 0) is 54.6 Å².